The molecule has 3 aromatic rings. The fraction of sp³-hybridized carbons (Fsp3) is 0.111. The van der Waals surface area contributed by atoms with E-state index in [1.54, 1.807) is 47.0 Å². The van der Waals surface area contributed by atoms with Crippen molar-refractivity contribution in [3.63, 3.8) is 0 Å². The Labute approximate surface area is 146 Å². The molecule has 0 aliphatic carbocycles. The summed E-state index contributed by atoms with van der Waals surface area (Å²) in [6.45, 7) is 0.760. The highest BCUT2D eigenvalue weighted by Gasteiger charge is 2.16. The molecule has 0 spiro atoms. The fourth-order valence-electron chi connectivity index (χ4n) is 2.68. The van der Waals surface area contributed by atoms with Gasteiger partial charge in [-0.25, -0.2) is 9.38 Å². The van der Waals surface area contributed by atoms with Crippen molar-refractivity contribution >= 4 is 23.1 Å². The zero-order chi connectivity index (χ0) is 17.4. The second-order valence-electron chi connectivity index (χ2n) is 5.64. The third-order valence-corrected chi connectivity index (χ3v) is 5.04. The Morgan fingerprint density at radius 3 is 2.68 bits per heavy atom. The molecule has 25 heavy (non-hydrogen) atoms. The SMILES string of the molecule is O=c1/c(=C\c2ccccc2O)sc2n1CN(c1ccc(F)cc1)CN=2. The molecule has 0 amide bonds. The van der Waals surface area contributed by atoms with Crippen molar-refractivity contribution in [2.75, 3.05) is 11.6 Å². The summed E-state index contributed by atoms with van der Waals surface area (Å²) in [5.41, 5.74) is 1.24. The molecule has 1 aliphatic heterocycles. The predicted molar refractivity (Wildman–Crippen MR) is 94.8 cm³/mol. The Morgan fingerprint density at radius 2 is 1.92 bits per heavy atom. The maximum Gasteiger partial charge on any atom is 0.271 e. The minimum atomic E-state index is -0.300. The molecular formula is C18H14FN3O2S. The second kappa shape index (κ2) is 6.18. The zero-order valence-electron chi connectivity index (χ0n) is 13.1. The van der Waals surface area contributed by atoms with Gasteiger partial charge in [0, 0.05) is 11.3 Å². The number of halogens is 1. The number of aromatic hydroxyl groups is 1. The number of rotatable bonds is 2. The lowest BCUT2D eigenvalue weighted by Crippen LogP contribution is -2.42. The molecule has 2 heterocycles. The largest absolute Gasteiger partial charge is 0.507 e. The molecule has 7 heteroatoms. The molecule has 0 atom stereocenters. The first kappa shape index (κ1) is 15.6. The number of hydrogen-bond acceptors (Lipinski definition) is 5. The average molecular weight is 355 g/mol. The van der Waals surface area contributed by atoms with Crippen molar-refractivity contribution in [1.82, 2.24) is 4.57 Å². The summed E-state index contributed by atoms with van der Waals surface area (Å²) in [5.74, 6) is -0.172. The molecule has 0 saturated carbocycles. The van der Waals surface area contributed by atoms with Crippen molar-refractivity contribution in [3.05, 3.63) is 79.6 Å². The van der Waals surface area contributed by atoms with Crippen LogP contribution in [0.4, 0.5) is 10.1 Å². The molecule has 1 aromatic heterocycles. The number of anilines is 1. The lowest BCUT2D eigenvalue weighted by Gasteiger charge is -2.25. The van der Waals surface area contributed by atoms with Crippen molar-refractivity contribution in [2.45, 2.75) is 6.67 Å². The summed E-state index contributed by atoms with van der Waals surface area (Å²) in [4.78, 5) is 19.7. The maximum atomic E-state index is 13.1. The van der Waals surface area contributed by atoms with E-state index in [0.717, 1.165) is 5.69 Å². The minimum Gasteiger partial charge on any atom is -0.507 e. The van der Waals surface area contributed by atoms with Crippen molar-refractivity contribution in [3.8, 4) is 5.75 Å². The van der Waals surface area contributed by atoms with Crippen LogP contribution in [-0.4, -0.2) is 16.3 Å². The molecule has 2 aromatic carbocycles. The first-order valence-corrected chi connectivity index (χ1v) is 8.48. The normalized spacial score (nSPS) is 14.3. The number of phenolic OH excluding ortho intramolecular Hbond substituents is 1. The first-order chi connectivity index (χ1) is 12.1. The number of nitrogens with zero attached hydrogens (tertiary/aromatic N) is 3. The van der Waals surface area contributed by atoms with E-state index in [0.29, 0.717) is 28.2 Å². The third-order valence-electron chi connectivity index (χ3n) is 3.99. The molecule has 0 saturated heterocycles. The minimum absolute atomic E-state index is 0.128. The second-order valence-corrected chi connectivity index (χ2v) is 6.65. The van der Waals surface area contributed by atoms with Crippen LogP contribution < -0.4 is 19.8 Å². The molecule has 5 nitrogen and oxygen atoms in total. The summed E-state index contributed by atoms with van der Waals surface area (Å²) in [6.07, 6.45) is 1.67. The van der Waals surface area contributed by atoms with Gasteiger partial charge in [-0.15, -0.1) is 0 Å². The van der Waals surface area contributed by atoms with Crippen LogP contribution in [-0.2, 0) is 6.67 Å². The summed E-state index contributed by atoms with van der Waals surface area (Å²) in [6, 6.07) is 13.0. The number of thiazole rings is 1. The van der Waals surface area contributed by atoms with Crippen LogP contribution >= 0.6 is 11.3 Å². The molecule has 0 unspecified atom stereocenters. The van der Waals surface area contributed by atoms with E-state index in [4.69, 9.17) is 0 Å². The van der Waals surface area contributed by atoms with Gasteiger partial charge in [0.2, 0.25) is 0 Å². The standard InChI is InChI=1S/C18H14FN3O2S/c19-13-5-7-14(8-6-13)21-10-20-18-22(11-21)17(24)16(25-18)9-12-3-1-2-4-15(12)23/h1-9,23H,10-11H2/b16-9+. The van der Waals surface area contributed by atoms with E-state index in [2.05, 4.69) is 4.99 Å². The molecule has 1 aliphatic rings. The van der Waals surface area contributed by atoms with E-state index in [1.807, 2.05) is 4.90 Å². The Morgan fingerprint density at radius 1 is 1.16 bits per heavy atom. The van der Waals surface area contributed by atoms with E-state index in [1.165, 1.54) is 23.5 Å². The molecule has 0 fully saturated rings. The number of aromatic nitrogens is 1. The van der Waals surface area contributed by atoms with Gasteiger partial charge in [0.25, 0.3) is 5.56 Å². The Bertz CT molecular complexity index is 1100. The number of benzene rings is 2. The lowest BCUT2D eigenvalue weighted by molar-refractivity contribution is 0.474. The summed E-state index contributed by atoms with van der Waals surface area (Å²) in [7, 11) is 0. The van der Waals surface area contributed by atoms with Gasteiger partial charge in [0.05, 0.1) is 4.53 Å². The van der Waals surface area contributed by atoms with Gasteiger partial charge in [-0.3, -0.25) is 9.36 Å². The van der Waals surface area contributed by atoms with Gasteiger partial charge >= 0.3 is 0 Å². The number of phenols is 1. The van der Waals surface area contributed by atoms with Crippen LogP contribution in [0.15, 0.2) is 58.3 Å². The number of hydrogen-bond donors (Lipinski definition) is 1. The molecule has 0 radical (unpaired) electrons. The quantitative estimate of drug-likeness (QED) is 0.760. The van der Waals surface area contributed by atoms with Gasteiger partial charge in [0.15, 0.2) is 4.80 Å². The van der Waals surface area contributed by atoms with E-state index in [-0.39, 0.29) is 17.1 Å². The highest BCUT2D eigenvalue weighted by molar-refractivity contribution is 7.07. The van der Waals surface area contributed by atoms with Gasteiger partial charge in [-0.1, -0.05) is 29.5 Å². The van der Waals surface area contributed by atoms with Gasteiger partial charge in [0.1, 0.15) is 24.9 Å². The van der Waals surface area contributed by atoms with Crippen molar-refractivity contribution in [2.24, 2.45) is 4.99 Å². The molecule has 4 rings (SSSR count). The van der Waals surface area contributed by atoms with Gasteiger partial charge < -0.3 is 10.0 Å². The van der Waals surface area contributed by atoms with Crippen LogP contribution in [0.3, 0.4) is 0 Å². The van der Waals surface area contributed by atoms with Gasteiger partial charge in [-0.2, -0.15) is 0 Å². The summed E-state index contributed by atoms with van der Waals surface area (Å²) < 4.78 is 15.2. The topological polar surface area (TPSA) is 57.8 Å². The van der Waals surface area contributed by atoms with Gasteiger partial charge in [-0.05, 0) is 36.4 Å². The Kier molecular flexibility index (Phi) is 3.85. The Hall–Kier alpha value is -2.93. The maximum absolute atomic E-state index is 13.1. The Balaban J connectivity index is 1.73. The molecular weight excluding hydrogens is 341 g/mol. The third kappa shape index (κ3) is 2.94. The summed E-state index contributed by atoms with van der Waals surface area (Å²) in [5, 5.41) is 9.88. The van der Waals surface area contributed by atoms with E-state index >= 15 is 0 Å². The smallest absolute Gasteiger partial charge is 0.271 e. The average Bonchev–Trinajstić information content (AvgIpc) is 2.93. The van der Waals surface area contributed by atoms with Crippen molar-refractivity contribution < 1.29 is 9.50 Å². The highest BCUT2D eigenvalue weighted by atomic mass is 32.1. The highest BCUT2D eigenvalue weighted by Crippen LogP contribution is 2.17. The fourth-order valence-corrected chi connectivity index (χ4v) is 3.63. The monoisotopic (exact) mass is 355 g/mol. The zero-order valence-corrected chi connectivity index (χ0v) is 13.9. The predicted octanol–water partition coefficient (Wildman–Crippen LogP) is 1.64. The van der Waals surface area contributed by atoms with Crippen LogP contribution in [0.1, 0.15) is 5.56 Å². The van der Waals surface area contributed by atoms with Crippen LogP contribution in [0.5, 0.6) is 5.75 Å². The van der Waals surface area contributed by atoms with Crippen LogP contribution in [0.2, 0.25) is 0 Å². The number of para-hydroxylation sites is 1. The van der Waals surface area contributed by atoms with Crippen LogP contribution in [0, 0.1) is 5.82 Å². The first-order valence-electron chi connectivity index (χ1n) is 7.66. The lowest BCUT2D eigenvalue weighted by atomic mass is 10.2. The molecule has 1 N–H and O–H groups in total. The van der Waals surface area contributed by atoms with E-state index in [9.17, 15) is 14.3 Å². The van der Waals surface area contributed by atoms with Crippen molar-refractivity contribution in [1.29, 1.82) is 0 Å². The molecule has 0 bridgehead atoms. The molecule has 126 valence electrons. The van der Waals surface area contributed by atoms with Crippen LogP contribution in [0.25, 0.3) is 6.08 Å². The number of fused-ring (bicyclic) bond motifs is 1. The summed E-state index contributed by atoms with van der Waals surface area (Å²) >= 11 is 1.30. The van der Waals surface area contributed by atoms with E-state index < -0.39 is 0 Å².